The Morgan fingerprint density at radius 1 is 0.288 bits per heavy atom. The lowest BCUT2D eigenvalue weighted by atomic mass is 10.0. The molecule has 0 spiro atoms. The van der Waals surface area contributed by atoms with Crippen molar-refractivity contribution in [3.63, 3.8) is 0 Å². The zero-order valence-electron chi connectivity index (χ0n) is 48.1. The highest BCUT2D eigenvalue weighted by atomic mass is 16.6. The summed E-state index contributed by atoms with van der Waals surface area (Å²) in [5.41, 5.74) is 0. The summed E-state index contributed by atoms with van der Waals surface area (Å²) in [6, 6.07) is 0. The highest BCUT2D eigenvalue weighted by molar-refractivity contribution is 5.71. The van der Waals surface area contributed by atoms with Crippen LogP contribution >= 0.6 is 0 Å². The van der Waals surface area contributed by atoms with Gasteiger partial charge in [0.05, 0.1) is 0 Å². The number of carbonyl (C=O) groups is 3. The molecular formula is C67H116O6. The molecule has 0 aliphatic rings. The van der Waals surface area contributed by atoms with Crippen molar-refractivity contribution in [1.29, 1.82) is 0 Å². The van der Waals surface area contributed by atoms with Crippen LogP contribution in [0.25, 0.3) is 0 Å². The smallest absolute Gasteiger partial charge is 0.306 e. The Morgan fingerprint density at radius 2 is 0.534 bits per heavy atom. The molecule has 1 unspecified atom stereocenters. The van der Waals surface area contributed by atoms with Gasteiger partial charge in [0.1, 0.15) is 13.2 Å². The van der Waals surface area contributed by atoms with Gasteiger partial charge < -0.3 is 14.2 Å². The maximum atomic E-state index is 12.9. The third kappa shape index (κ3) is 59.3. The molecule has 420 valence electrons. The Hall–Kier alpha value is -3.41. The predicted octanol–water partition coefficient (Wildman–Crippen LogP) is 21.1. The summed E-state index contributed by atoms with van der Waals surface area (Å²) in [5.74, 6) is -0.886. The number of allylic oxidation sites excluding steroid dienone is 14. The van der Waals surface area contributed by atoms with Crippen molar-refractivity contribution in [3.8, 4) is 0 Å². The zero-order chi connectivity index (χ0) is 52.9. The second-order valence-electron chi connectivity index (χ2n) is 20.6. The molecule has 73 heavy (non-hydrogen) atoms. The van der Waals surface area contributed by atoms with E-state index in [1.54, 1.807) is 0 Å². The molecule has 0 fully saturated rings. The van der Waals surface area contributed by atoms with Crippen LogP contribution in [0.1, 0.15) is 303 Å². The van der Waals surface area contributed by atoms with E-state index in [4.69, 9.17) is 14.2 Å². The number of ether oxygens (including phenoxy) is 3. The Kier molecular flexibility index (Phi) is 58.3. The molecule has 0 saturated carbocycles. The molecule has 6 nitrogen and oxygen atoms in total. The van der Waals surface area contributed by atoms with Gasteiger partial charge in [-0.05, 0) is 89.9 Å². The van der Waals surface area contributed by atoms with E-state index in [2.05, 4.69) is 106 Å². The fourth-order valence-electron chi connectivity index (χ4n) is 8.80. The van der Waals surface area contributed by atoms with Crippen molar-refractivity contribution >= 4 is 17.9 Å². The average molecular weight is 1020 g/mol. The summed E-state index contributed by atoms with van der Waals surface area (Å²) >= 11 is 0. The number of carbonyl (C=O) groups excluding carboxylic acids is 3. The molecule has 0 heterocycles. The van der Waals surface area contributed by atoms with Gasteiger partial charge in [0.25, 0.3) is 0 Å². The Balaban J connectivity index is 4.25. The molecule has 0 aliphatic heterocycles. The van der Waals surface area contributed by atoms with E-state index in [9.17, 15) is 14.4 Å². The quantitative estimate of drug-likeness (QED) is 0.0261. The van der Waals surface area contributed by atoms with Crippen LogP contribution in [0.4, 0.5) is 0 Å². The maximum Gasteiger partial charge on any atom is 0.306 e. The summed E-state index contributed by atoms with van der Waals surface area (Å²) < 4.78 is 16.9. The molecule has 0 bridgehead atoms. The fourth-order valence-corrected chi connectivity index (χ4v) is 8.80. The van der Waals surface area contributed by atoms with E-state index < -0.39 is 6.10 Å². The Morgan fingerprint density at radius 3 is 0.836 bits per heavy atom. The monoisotopic (exact) mass is 1020 g/mol. The zero-order valence-corrected chi connectivity index (χ0v) is 48.1. The van der Waals surface area contributed by atoms with Crippen molar-refractivity contribution in [1.82, 2.24) is 0 Å². The van der Waals surface area contributed by atoms with Crippen molar-refractivity contribution in [2.75, 3.05) is 13.2 Å². The molecule has 0 rings (SSSR count). The van der Waals surface area contributed by atoms with Crippen LogP contribution in [0.5, 0.6) is 0 Å². The first-order valence-electron chi connectivity index (χ1n) is 31.1. The van der Waals surface area contributed by atoms with Crippen LogP contribution in [-0.4, -0.2) is 37.2 Å². The van der Waals surface area contributed by atoms with Gasteiger partial charge in [0.15, 0.2) is 6.10 Å². The van der Waals surface area contributed by atoms with Crippen LogP contribution in [-0.2, 0) is 28.6 Å². The van der Waals surface area contributed by atoms with Gasteiger partial charge in [0, 0.05) is 19.3 Å². The third-order valence-corrected chi connectivity index (χ3v) is 13.4. The second kappa shape index (κ2) is 61.1. The lowest BCUT2D eigenvalue weighted by Gasteiger charge is -2.18. The Labute approximate surface area is 452 Å². The largest absolute Gasteiger partial charge is 0.462 e. The van der Waals surface area contributed by atoms with Gasteiger partial charge in [-0.1, -0.05) is 279 Å². The molecule has 0 saturated heterocycles. The number of rotatable bonds is 56. The summed E-state index contributed by atoms with van der Waals surface area (Å²) in [6.45, 7) is 6.43. The van der Waals surface area contributed by atoms with Gasteiger partial charge >= 0.3 is 17.9 Å². The van der Waals surface area contributed by atoms with Crippen molar-refractivity contribution in [2.45, 2.75) is 309 Å². The van der Waals surface area contributed by atoms with E-state index in [-0.39, 0.29) is 31.1 Å². The summed E-state index contributed by atoms with van der Waals surface area (Å²) in [5, 5.41) is 0. The number of unbranched alkanes of at least 4 members (excludes halogenated alkanes) is 31. The lowest BCUT2D eigenvalue weighted by molar-refractivity contribution is -0.167. The molecule has 1 atom stereocenters. The van der Waals surface area contributed by atoms with E-state index in [1.165, 1.54) is 141 Å². The number of esters is 3. The van der Waals surface area contributed by atoms with Crippen LogP contribution in [0, 0.1) is 0 Å². The standard InChI is InChI=1S/C67H116O6/c1-4-7-10-13-16-19-22-25-27-28-29-30-31-32-33-34-35-36-37-38-40-42-45-48-51-54-57-60-66(69)72-63-64(62-71-65(68)59-56-53-50-47-44-41-24-21-18-15-12-9-6-3)73-67(70)61-58-55-52-49-46-43-39-26-23-20-17-14-11-8-5-2/h7-8,10-11,16-17,19-20,25-27,29-30,39,64H,4-6,9,12-15,18,21-24,28,31-38,40-63H2,1-3H3/b10-7-,11-8-,19-16-,20-17-,27-25-,30-29-,39-26-. The predicted molar refractivity (Wildman–Crippen MR) is 316 cm³/mol. The first-order chi connectivity index (χ1) is 36.0. The minimum absolute atomic E-state index is 0.0801. The van der Waals surface area contributed by atoms with Crippen LogP contribution in [0.2, 0.25) is 0 Å². The molecule has 0 aromatic heterocycles. The second-order valence-corrected chi connectivity index (χ2v) is 20.6. The molecular weight excluding hydrogens is 901 g/mol. The lowest BCUT2D eigenvalue weighted by Crippen LogP contribution is -2.30. The number of hydrogen-bond donors (Lipinski definition) is 0. The molecule has 0 aromatic rings. The summed E-state index contributed by atoms with van der Waals surface area (Å²) in [4.78, 5) is 38.2. The first kappa shape index (κ1) is 69.6. The maximum absolute atomic E-state index is 12.9. The topological polar surface area (TPSA) is 78.9 Å². The fraction of sp³-hybridized carbons (Fsp3) is 0.746. The van der Waals surface area contributed by atoms with Gasteiger partial charge in [-0.25, -0.2) is 0 Å². The highest BCUT2D eigenvalue weighted by Gasteiger charge is 2.19. The molecule has 0 aliphatic carbocycles. The molecule has 0 amide bonds. The van der Waals surface area contributed by atoms with E-state index in [0.717, 1.165) is 122 Å². The average Bonchev–Trinajstić information content (AvgIpc) is 3.39. The van der Waals surface area contributed by atoms with E-state index in [1.807, 2.05) is 0 Å². The van der Waals surface area contributed by atoms with Crippen LogP contribution < -0.4 is 0 Å². The van der Waals surface area contributed by atoms with Crippen molar-refractivity contribution in [2.24, 2.45) is 0 Å². The van der Waals surface area contributed by atoms with Crippen molar-refractivity contribution in [3.05, 3.63) is 85.1 Å². The normalized spacial score (nSPS) is 12.6. The number of hydrogen-bond acceptors (Lipinski definition) is 6. The van der Waals surface area contributed by atoms with Crippen LogP contribution in [0.3, 0.4) is 0 Å². The van der Waals surface area contributed by atoms with E-state index in [0.29, 0.717) is 19.3 Å². The third-order valence-electron chi connectivity index (χ3n) is 13.4. The molecule has 0 aromatic carbocycles. The SMILES string of the molecule is CC/C=C\C/C=C\C/C=C\C/C=C\CCCCCCCCCCCCCCCCC(=O)OCC(COC(=O)CCCCCCCCCCCCCCC)OC(=O)CCCCCCC/C=C\C/C=C\C/C=C\CC. The summed E-state index contributed by atoms with van der Waals surface area (Å²) in [6.07, 6.45) is 80.2. The molecule has 0 radical (unpaired) electrons. The van der Waals surface area contributed by atoms with Gasteiger partial charge in [-0.2, -0.15) is 0 Å². The minimum Gasteiger partial charge on any atom is -0.462 e. The highest BCUT2D eigenvalue weighted by Crippen LogP contribution is 2.17. The summed E-state index contributed by atoms with van der Waals surface area (Å²) in [7, 11) is 0. The van der Waals surface area contributed by atoms with Gasteiger partial charge in [-0.15, -0.1) is 0 Å². The van der Waals surface area contributed by atoms with E-state index >= 15 is 0 Å². The molecule has 0 N–H and O–H groups in total. The van der Waals surface area contributed by atoms with Crippen molar-refractivity contribution < 1.29 is 28.6 Å². The molecule has 6 heteroatoms. The Bertz CT molecular complexity index is 1400. The van der Waals surface area contributed by atoms with Gasteiger partial charge in [-0.3, -0.25) is 14.4 Å². The van der Waals surface area contributed by atoms with Crippen LogP contribution in [0.15, 0.2) is 85.1 Å². The van der Waals surface area contributed by atoms with Gasteiger partial charge in [0.2, 0.25) is 0 Å². The minimum atomic E-state index is -0.784. The first-order valence-corrected chi connectivity index (χ1v) is 31.1.